The molecular weight excluding hydrogens is 254 g/mol. The summed E-state index contributed by atoms with van der Waals surface area (Å²) >= 11 is 1.08. The van der Waals surface area contributed by atoms with E-state index in [9.17, 15) is 9.59 Å². The molecule has 6 heteroatoms. The number of amides is 1. The van der Waals surface area contributed by atoms with Crippen molar-refractivity contribution in [3.05, 3.63) is 39.5 Å². The first-order chi connectivity index (χ1) is 8.49. The summed E-state index contributed by atoms with van der Waals surface area (Å²) in [7, 11) is 0. The van der Waals surface area contributed by atoms with Crippen LogP contribution < -0.4 is 5.32 Å². The number of anilines is 1. The molecule has 2 aromatic rings. The van der Waals surface area contributed by atoms with Gasteiger partial charge >= 0.3 is 5.97 Å². The van der Waals surface area contributed by atoms with Crippen LogP contribution in [0.2, 0.25) is 0 Å². The zero-order chi connectivity index (χ0) is 13.3. The topological polar surface area (TPSA) is 79.5 Å². The molecule has 1 amide bonds. The average molecular weight is 265 g/mol. The Hall–Kier alpha value is -2.08. The van der Waals surface area contributed by atoms with Crippen LogP contribution >= 0.6 is 11.3 Å². The SMILES string of the molecule is Cc1ccc(C(=O)Nc2c(C)csc2C(=O)O)o1. The molecule has 0 aliphatic rings. The highest BCUT2D eigenvalue weighted by Gasteiger charge is 2.19. The number of aromatic carboxylic acids is 1. The maximum atomic E-state index is 11.9. The van der Waals surface area contributed by atoms with E-state index in [-0.39, 0.29) is 10.6 Å². The highest BCUT2D eigenvalue weighted by atomic mass is 32.1. The van der Waals surface area contributed by atoms with Crippen molar-refractivity contribution in [2.24, 2.45) is 0 Å². The Morgan fingerprint density at radius 2 is 2.06 bits per heavy atom. The predicted molar refractivity (Wildman–Crippen MR) is 67.4 cm³/mol. The number of carboxylic acid groups (broad SMARTS) is 1. The van der Waals surface area contributed by atoms with Crippen LogP contribution in [0.1, 0.15) is 31.6 Å². The van der Waals surface area contributed by atoms with Gasteiger partial charge in [0.15, 0.2) is 5.76 Å². The van der Waals surface area contributed by atoms with Crippen LogP contribution in [0, 0.1) is 13.8 Å². The second kappa shape index (κ2) is 4.66. The lowest BCUT2D eigenvalue weighted by atomic mass is 10.2. The number of nitrogens with one attached hydrogen (secondary N) is 1. The van der Waals surface area contributed by atoms with E-state index >= 15 is 0 Å². The number of carbonyl (C=O) groups excluding carboxylic acids is 1. The van der Waals surface area contributed by atoms with Gasteiger partial charge in [-0.3, -0.25) is 4.79 Å². The van der Waals surface area contributed by atoms with Gasteiger partial charge in [-0.05, 0) is 36.9 Å². The molecule has 0 atom stereocenters. The van der Waals surface area contributed by atoms with E-state index in [1.54, 1.807) is 31.4 Å². The predicted octanol–water partition coefficient (Wildman–Crippen LogP) is 2.91. The van der Waals surface area contributed by atoms with Gasteiger partial charge in [-0.1, -0.05) is 0 Å². The highest BCUT2D eigenvalue weighted by Crippen LogP contribution is 2.28. The standard InChI is InChI=1S/C12H11NO4S/c1-6-5-18-10(12(15)16)9(6)13-11(14)8-4-3-7(2)17-8/h3-5H,1-2H3,(H,13,14)(H,15,16). The van der Waals surface area contributed by atoms with Crippen molar-refractivity contribution < 1.29 is 19.1 Å². The first-order valence-corrected chi connectivity index (χ1v) is 6.06. The molecule has 2 N–H and O–H groups in total. The molecule has 0 fully saturated rings. The number of aryl methyl sites for hydroxylation is 2. The summed E-state index contributed by atoms with van der Waals surface area (Å²) in [5.41, 5.74) is 1.04. The smallest absolute Gasteiger partial charge is 0.348 e. The number of carboxylic acids is 1. The molecule has 0 unspecified atom stereocenters. The van der Waals surface area contributed by atoms with Gasteiger partial charge in [0.25, 0.3) is 5.91 Å². The van der Waals surface area contributed by atoms with E-state index in [1.807, 2.05) is 0 Å². The Bertz CT molecular complexity index is 611. The normalized spacial score (nSPS) is 10.3. The lowest BCUT2D eigenvalue weighted by Gasteiger charge is -2.04. The number of rotatable bonds is 3. The maximum absolute atomic E-state index is 11.9. The summed E-state index contributed by atoms with van der Waals surface area (Å²) in [5, 5.41) is 13.3. The zero-order valence-corrected chi connectivity index (χ0v) is 10.6. The van der Waals surface area contributed by atoms with Crippen molar-refractivity contribution in [3.8, 4) is 0 Å². The summed E-state index contributed by atoms with van der Waals surface area (Å²) in [4.78, 5) is 23.0. The van der Waals surface area contributed by atoms with Crippen LogP contribution in [0.15, 0.2) is 21.9 Å². The Balaban J connectivity index is 2.27. The van der Waals surface area contributed by atoms with Gasteiger partial charge in [0.05, 0.1) is 5.69 Å². The third kappa shape index (κ3) is 2.28. The van der Waals surface area contributed by atoms with Crippen LogP contribution in [0.3, 0.4) is 0 Å². The van der Waals surface area contributed by atoms with Gasteiger partial charge < -0.3 is 14.8 Å². The van der Waals surface area contributed by atoms with Crippen LogP contribution in [0.25, 0.3) is 0 Å². The number of hydrogen-bond acceptors (Lipinski definition) is 4. The quantitative estimate of drug-likeness (QED) is 0.894. The molecule has 0 bridgehead atoms. The van der Waals surface area contributed by atoms with Crippen LogP contribution in [0.5, 0.6) is 0 Å². The third-order valence-corrected chi connectivity index (χ3v) is 3.46. The second-order valence-electron chi connectivity index (χ2n) is 3.79. The van der Waals surface area contributed by atoms with Crippen LogP contribution in [-0.2, 0) is 0 Å². The van der Waals surface area contributed by atoms with E-state index in [0.717, 1.165) is 11.3 Å². The number of carbonyl (C=O) groups is 2. The van der Waals surface area contributed by atoms with E-state index in [4.69, 9.17) is 9.52 Å². The van der Waals surface area contributed by atoms with Gasteiger partial charge in [-0.25, -0.2) is 4.79 Å². The minimum Gasteiger partial charge on any atom is -0.477 e. The number of hydrogen-bond donors (Lipinski definition) is 2. The summed E-state index contributed by atoms with van der Waals surface area (Å²) in [6.45, 7) is 3.47. The highest BCUT2D eigenvalue weighted by molar-refractivity contribution is 7.12. The number of furan rings is 1. The largest absolute Gasteiger partial charge is 0.477 e. The maximum Gasteiger partial charge on any atom is 0.348 e. The third-order valence-electron chi connectivity index (χ3n) is 2.37. The van der Waals surface area contributed by atoms with Crippen molar-refractivity contribution >= 4 is 28.9 Å². The van der Waals surface area contributed by atoms with E-state index < -0.39 is 11.9 Å². The molecule has 0 spiro atoms. The van der Waals surface area contributed by atoms with Gasteiger partial charge in [0.1, 0.15) is 10.6 Å². The molecule has 0 aliphatic carbocycles. The van der Waals surface area contributed by atoms with E-state index in [2.05, 4.69) is 5.32 Å². The molecule has 94 valence electrons. The number of thiophene rings is 1. The Morgan fingerprint density at radius 3 is 2.61 bits per heavy atom. The van der Waals surface area contributed by atoms with Gasteiger partial charge in [-0.2, -0.15) is 0 Å². The van der Waals surface area contributed by atoms with Crippen LogP contribution in [0.4, 0.5) is 5.69 Å². The fourth-order valence-electron chi connectivity index (χ4n) is 1.49. The lowest BCUT2D eigenvalue weighted by Crippen LogP contribution is -2.13. The molecule has 0 aromatic carbocycles. The molecule has 2 heterocycles. The van der Waals surface area contributed by atoms with Crippen molar-refractivity contribution in [3.63, 3.8) is 0 Å². The first-order valence-electron chi connectivity index (χ1n) is 5.18. The molecular formula is C12H11NO4S. The van der Waals surface area contributed by atoms with E-state index in [0.29, 0.717) is 17.0 Å². The average Bonchev–Trinajstić information content (AvgIpc) is 2.87. The van der Waals surface area contributed by atoms with Crippen molar-refractivity contribution in [1.82, 2.24) is 0 Å². The van der Waals surface area contributed by atoms with Gasteiger partial charge in [-0.15, -0.1) is 11.3 Å². The fraction of sp³-hybridized carbons (Fsp3) is 0.167. The summed E-state index contributed by atoms with van der Waals surface area (Å²) in [6, 6.07) is 3.22. The molecule has 0 saturated carbocycles. The Morgan fingerprint density at radius 1 is 1.33 bits per heavy atom. The fourth-order valence-corrected chi connectivity index (χ4v) is 2.33. The summed E-state index contributed by atoms with van der Waals surface area (Å²) in [5.74, 6) is -0.721. The summed E-state index contributed by atoms with van der Waals surface area (Å²) in [6.07, 6.45) is 0. The lowest BCUT2D eigenvalue weighted by molar-refractivity contribution is 0.0703. The molecule has 2 aromatic heterocycles. The molecule has 0 aliphatic heterocycles. The Labute approximate surface area is 107 Å². The minimum absolute atomic E-state index is 0.115. The van der Waals surface area contributed by atoms with Gasteiger partial charge in [0.2, 0.25) is 0 Å². The second-order valence-corrected chi connectivity index (χ2v) is 4.67. The molecule has 0 radical (unpaired) electrons. The molecule has 5 nitrogen and oxygen atoms in total. The Kier molecular flexibility index (Phi) is 3.20. The van der Waals surface area contributed by atoms with Crippen molar-refractivity contribution in [2.45, 2.75) is 13.8 Å². The molecule has 18 heavy (non-hydrogen) atoms. The van der Waals surface area contributed by atoms with Crippen LogP contribution in [-0.4, -0.2) is 17.0 Å². The summed E-state index contributed by atoms with van der Waals surface area (Å²) < 4.78 is 5.18. The monoisotopic (exact) mass is 265 g/mol. The van der Waals surface area contributed by atoms with E-state index in [1.165, 1.54) is 0 Å². The van der Waals surface area contributed by atoms with Crippen molar-refractivity contribution in [2.75, 3.05) is 5.32 Å². The van der Waals surface area contributed by atoms with Crippen molar-refractivity contribution in [1.29, 1.82) is 0 Å². The zero-order valence-electron chi connectivity index (χ0n) is 9.81. The molecule has 2 rings (SSSR count). The molecule has 0 saturated heterocycles. The minimum atomic E-state index is -1.06. The first kappa shape index (κ1) is 12.4. The van der Waals surface area contributed by atoms with Gasteiger partial charge in [0, 0.05) is 0 Å².